The molecule has 1 aliphatic rings. The number of hydrogen-bond acceptors (Lipinski definition) is 4. The summed E-state index contributed by atoms with van der Waals surface area (Å²) < 4.78 is 0.456. The van der Waals surface area contributed by atoms with Crippen molar-refractivity contribution in [3.63, 3.8) is 0 Å². The second-order valence-electron chi connectivity index (χ2n) is 4.47. The number of carbonyl (C=O) groups is 1. The molecule has 1 saturated heterocycles. The fourth-order valence-electron chi connectivity index (χ4n) is 2.09. The molecular weight excluding hydrogens is 350 g/mol. The molecule has 0 aromatic heterocycles. The number of nitro benzene ring substituents is 1. The fourth-order valence-corrected chi connectivity index (χ4v) is 2.62. The molecule has 0 aliphatic carbocycles. The Morgan fingerprint density at radius 2 is 2.25 bits per heavy atom. The lowest BCUT2D eigenvalue weighted by atomic mass is 10.1. The van der Waals surface area contributed by atoms with E-state index < -0.39 is 4.92 Å². The van der Waals surface area contributed by atoms with Crippen molar-refractivity contribution in [3.8, 4) is 0 Å². The molecule has 0 bridgehead atoms. The van der Waals surface area contributed by atoms with E-state index in [4.69, 9.17) is 0 Å². The van der Waals surface area contributed by atoms with E-state index in [0.29, 0.717) is 16.6 Å². The van der Waals surface area contributed by atoms with Crippen LogP contribution in [0.1, 0.15) is 17.3 Å². The Morgan fingerprint density at radius 3 is 2.80 bits per heavy atom. The van der Waals surface area contributed by atoms with Crippen LogP contribution in [0.3, 0.4) is 0 Å². The molecule has 1 heterocycles. The Balaban J connectivity index is 0.00000200. The highest BCUT2D eigenvalue weighted by Crippen LogP contribution is 2.25. The molecule has 1 amide bonds. The van der Waals surface area contributed by atoms with E-state index in [1.807, 2.05) is 6.92 Å². The van der Waals surface area contributed by atoms with Gasteiger partial charge < -0.3 is 10.2 Å². The summed E-state index contributed by atoms with van der Waals surface area (Å²) in [6, 6.07) is 4.33. The zero-order chi connectivity index (χ0) is 14.0. The average molecular weight is 365 g/mol. The predicted molar refractivity (Wildman–Crippen MR) is 81.4 cm³/mol. The van der Waals surface area contributed by atoms with E-state index in [9.17, 15) is 14.9 Å². The van der Waals surface area contributed by atoms with Crippen molar-refractivity contribution >= 4 is 39.9 Å². The third kappa shape index (κ3) is 3.47. The molecular formula is C12H15BrClN3O3. The van der Waals surface area contributed by atoms with Gasteiger partial charge in [0.1, 0.15) is 0 Å². The first-order valence-electron chi connectivity index (χ1n) is 5.96. The van der Waals surface area contributed by atoms with Crippen LogP contribution in [0.5, 0.6) is 0 Å². The summed E-state index contributed by atoms with van der Waals surface area (Å²) in [5, 5.41) is 13.9. The smallest absolute Gasteiger partial charge is 0.270 e. The van der Waals surface area contributed by atoms with E-state index in [1.165, 1.54) is 18.2 Å². The van der Waals surface area contributed by atoms with Gasteiger partial charge in [-0.3, -0.25) is 14.9 Å². The summed E-state index contributed by atoms with van der Waals surface area (Å²) >= 11 is 3.24. The summed E-state index contributed by atoms with van der Waals surface area (Å²) in [5.74, 6) is -0.101. The second-order valence-corrected chi connectivity index (χ2v) is 5.33. The zero-order valence-corrected chi connectivity index (χ0v) is 13.2. The quantitative estimate of drug-likeness (QED) is 0.645. The maximum absolute atomic E-state index is 12.4. The van der Waals surface area contributed by atoms with Crippen molar-refractivity contribution in [2.24, 2.45) is 0 Å². The van der Waals surface area contributed by atoms with Gasteiger partial charge in [-0.1, -0.05) is 0 Å². The lowest BCUT2D eigenvalue weighted by Gasteiger charge is -2.34. The van der Waals surface area contributed by atoms with Gasteiger partial charge in [-0.15, -0.1) is 12.4 Å². The number of carbonyl (C=O) groups excluding carboxylic acids is 1. The van der Waals surface area contributed by atoms with Crippen molar-refractivity contribution < 1.29 is 9.72 Å². The van der Waals surface area contributed by atoms with Crippen LogP contribution in [0.4, 0.5) is 5.69 Å². The Labute approximate surface area is 131 Å². The van der Waals surface area contributed by atoms with Gasteiger partial charge in [-0.2, -0.15) is 0 Å². The highest BCUT2D eigenvalue weighted by atomic mass is 79.9. The lowest BCUT2D eigenvalue weighted by molar-refractivity contribution is -0.384. The molecule has 1 fully saturated rings. The number of nitro groups is 1. The molecule has 1 aliphatic heterocycles. The predicted octanol–water partition coefficient (Wildman–Crippen LogP) is 2.21. The fraction of sp³-hybridized carbons (Fsp3) is 0.417. The van der Waals surface area contributed by atoms with Gasteiger partial charge in [0, 0.05) is 42.3 Å². The second kappa shape index (κ2) is 7.01. The molecule has 2 rings (SSSR count). The number of non-ortho nitro benzene ring substituents is 1. The van der Waals surface area contributed by atoms with E-state index in [1.54, 1.807) is 4.90 Å². The Bertz CT molecular complexity index is 527. The first-order valence-corrected chi connectivity index (χ1v) is 6.75. The maximum atomic E-state index is 12.4. The van der Waals surface area contributed by atoms with Crippen LogP contribution in [0.25, 0.3) is 0 Å². The Morgan fingerprint density at radius 1 is 1.55 bits per heavy atom. The van der Waals surface area contributed by atoms with Crippen LogP contribution in [0.15, 0.2) is 22.7 Å². The molecule has 1 aromatic rings. The standard InChI is InChI=1S/C12H14BrN3O3.ClH/c1-8-7-14-4-5-15(8)12(17)10-3-2-9(16(18)19)6-11(10)13;/h2-3,6,8,14H,4-5,7H2,1H3;1H. The minimum absolute atomic E-state index is 0. The topological polar surface area (TPSA) is 75.5 Å². The highest BCUT2D eigenvalue weighted by Gasteiger charge is 2.26. The normalized spacial score (nSPS) is 18.3. The van der Waals surface area contributed by atoms with Crippen LogP contribution in [-0.4, -0.2) is 41.4 Å². The van der Waals surface area contributed by atoms with Crippen molar-refractivity contribution in [2.75, 3.05) is 19.6 Å². The molecule has 110 valence electrons. The minimum Gasteiger partial charge on any atom is -0.333 e. The number of nitrogens with one attached hydrogen (secondary N) is 1. The molecule has 20 heavy (non-hydrogen) atoms. The monoisotopic (exact) mass is 363 g/mol. The summed E-state index contributed by atoms with van der Waals surface area (Å²) in [6.07, 6.45) is 0. The summed E-state index contributed by atoms with van der Waals surface area (Å²) in [5.41, 5.74) is 0.427. The van der Waals surface area contributed by atoms with E-state index in [2.05, 4.69) is 21.2 Å². The molecule has 1 N–H and O–H groups in total. The third-order valence-corrected chi connectivity index (χ3v) is 3.81. The van der Waals surface area contributed by atoms with Gasteiger partial charge in [0.2, 0.25) is 0 Å². The number of piperazine rings is 1. The van der Waals surface area contributed by atoms with Crippen molar-refractivity contribution in [3.05, 3.63) is 38.3 Å². The number of nitrogens with zero attached hydrogens (tertiary/aromatic N) is 2. The van der Waals surface area contributed by atoms with Gasteiger partial charge in [-0.05, 0) is 28.9 Å². The summed E-state index contributed by atoms with van der Waals surface area (Å²) in [6.45, 7) is 4.14. The molecule has 6 nitrogen and oxygen atoms in total. The first-order chi connectivity index (χ1) is 9.00. The van der Waals surface area contributed by atoms with Crippen molar-refractivity contribution in [1.82, 2.24) is 10.2 Å². The number of rotatable bonds is 2. The highest BCUT2D eigenvalue weighted by molar-refractivity contribution is 9.10. The minimum atomic E-state index is -0.480. The van der Waals surface area contributed by atoms with Crippen molar-refractivity contribution in [2.45, 2.75) is 13.0 Å². The van der Waals surface area contributed by atoms with Crippen LogP contribution in [0.2, 0.25) is 0 Å². The Kier molecular flexibility index (Phi) is 5.91. The number of halogens is 2. The number of amides is 1. The SMILES string of the molecule is CC1CNCCN1C(=O)c1ccc([N+](=O)[O-])cc1Br.Cl. The lowest BCUT2D eigenvalue weighted by Crippen LogP contribution is -2.52. The third-order valence-electron chi connectivity index (χ3n) is 3.16. The number of benzene rings is 1. The van der Waals surface area contributed by atoms with Gasteiger partial charge in [-0.25, -0.2) is 0 Å². The largest absolute Gasteiger partial charge is 0.333 e. The van der Waals surface area contributed by atoms with E-state index in [0.717, 1.165) is 13.1 Å². The van der Waals surface area contributed by atoms with Crippen molar-refractivity contribution in [1.29, 1.82) is 0 Å². The summed E-state index contributed by atoms with van der Waals surface area (Å²) in [4.78, 5) is 24.4. The van der Waals surface area contributed by atoms with Gasteiger partial charge in [0.15, 0.2) is 0 Å². The van der Waals surface area contributed by atoms with Crippen LogP contribution < -0.4 is 5.32 Å². The summed E-state index contributed by atoms with van der Waals surface area (Å²) in [7, 11) is 0. The molecule has 0 radical (unpaired) electrons. The number of hydrogen-bond donors (Lipinski definition) is 1. The Hall–Kier alpha value is -1.18. The van der Waals surface area contributed by atoms with Gasteiger partial charge in [0.25, 0.3) is 11.6 Å². The van der Waals surface area contributed by atoms with Gasteiger partial charge >= 0.3 is 0 Å². The molecule has 8 heteroatoms. The first kappa shape index (κ1) is 16.9. The van der Waals surface area contributed by atoms with E-state index >= 15 is 0 Å². The van der Waals surface area contributed by atoms with Crippen LogP contribution in [-0.2, 0) is 0 Å². The molecule has 0 spiro atoms. The maximum Gasteiger partial charge on any atom is 0.270 e. The molecule has 1 unspecified atom stereocenters. The molecule has 1 atom stereocenters. The van der Waals surface area contributed by atoms with Crippen LogP contribution >= 0.6 is 28.3 Å². The average Bonchev–Trinajstić information content (AvgIpc) is 2.38. The van der Waals surface area contributed by atoms with Gasteiger partial charge in [0.05, 0.1) is 10.5 Å². The molecule has 1 aromatic carbocycles. The van der Waals surface area contributed by atoms with Crippen LogP contribution in [0, 0.1) is 10.1 Å². The molecule has 0 saturated carbocycles. The zero-order valence-electron chi connectivity index (χ0n) is 10.8. The van der Waals surface area contributed by atoms with E-state index in [-0.39, 0.29) is 30.0 Å².